The Morgan fingerprint density at radius 2 is 2.32 bits per heavy atom. The molecule has 1 aliphatic heterocycles. The SMILES string of the molecule is COc1cccc(NC(=O)N[C@@H]2CCC(=O)NC2)c1. The van der Waals surface area contributed by atoms with Crippen LogP contribution < -0.4 is 20.7 Å². The van der Waals surface area contributed by atoms with Crippen LogP contribution in [0, 0.1) is 0 Å². The van der Waals surface area contributed by atoms with Crippen molar-refractivity contribution in [2.45, 2.75) is 18.9 Å². The summed E-state index contributed by atoms with van der Waals surface area (Å²) in [6.07, 6.45) is 1.11. The molecule has 0 aromatic heterocycles. The highest BCUT2D eigenvalue weighted by Crippen LogP contribution is 2.16. The monoisotopic (exact) mass is 263 g/mol. The molecule has 0 radical (unpaired) electrons. The molecule has 0 bridgehead atoms. The molecule has 0 aliphatic carbocycles. The van der Waals surface area contributed by atoms with Gasteiger partial charge in [0.15, 0.2) is 0 Å². The smallest absolute Gasteiger partial charge is 0.319 e. The number of hydrogen-bond donors (Lipinski definition) is 3. The molecule has 0 saturated carbocycles. The molecule has 0 spiro atoms. The molecule has 1 heterocycles. The van der Waals surface area contributed by atoms with E-state index in [4.69, 9.17) is 4.74 Å². The van der Waals surface area contributed by atoms with Gasteiger partial charge in [0, 0.05) is 30.8 Å². The number of hydrogen-bond acceptors (Lipinski definition) is 3. The van der Waals surface area contributed by atoms with Gasteiger partial charge in [-0.3, -0.25) is 4.79 Å². The molecule has 6 nitrogen and oxygen atoms in total. The van der Waals surface area contributed by atoms with E-state index >= 15 is 0 Å². The van der Waals surface area contributed by atoms with Gasteiger partial charge in [-0.15, -0.1) is 0 Å². The van der Waals surface area contributed by atoms with Crippen LogP contribution in [0.15, 0.2) is 24.3 Å². The van der Waals surface area contributed by atoms with Gasteiger partial charge in [-0.2, -0.15) is 0 Å². The summed E-state index contributed by atoms with van der Waals surface area (Å²) < 4.78 is 5.08. The number of urea groups is 1. The fourth-order valence-corrected chi connectivity index (χ4v) is 1.91. The summed E-state index contributed by atoms with van der Waals surface area (Å²) in [6, 6.07) is 6.82. The van der Waals surface area contributed by atoms with Crippen LogP contribution in [0.4, 0.5) is 10.5 Å². The van der Waals surface area contributed by atoms with E-state index in [-0.39, 0.29) is 18.0 Å². The molecule has 1 aliphatic rings. The zero-order chi connectivity index (χ0) is 13.7. The van der Waals surface area contributed by atoms with Crippen LogP contribution >= 0.6 is 0 Å². The first kappa shape index (κ1) is 13.2. The van der Waals surface area contributed by atoms with Gasteiger partial charge in [-0.1, -0.05) is 6.07 Å². The van der Waals surface area contributed by atoms with Crippen molar-refractivity contribution in [3.8, 4) is 5.75 Å². The molecule has 102 valence electrons. The zero-order valence-electron chi connectivity index (χ0n) is 10.7. The fraction of sp³-hybridized carbons (Fsp3) is 0.385. The van der Waals surface area contributed by atoms with Crippen molar-refractivity contribution in [3.05, 3.63) is 24.3 Å². The molecule has 6 heteroatoms. The Morgan fingerprint density at radius 3 is 3.00 bits per heavy atom. The first-order valence-corrected chi connectivity index (χ1v) is 6.15. The quantitative estimate of drug-likeness (QED) is 0.764. The first-order valence-electron chi connectivity index (χ1n) is 6.15. The molecule has 1 saturated heterocycles. The highest BCUT2D eigenvalue weighted by molar-refractivity contribution is 5.89. The van der Waals surface area contributed by atoms with Gasteiger partial charge in [-0.05, 0) is 18.6 Å². The summed E-state index contributed by atoms with van der Waals surface area (Å²) in [5.41, 5.74) is 0.664. The highest BCUT2D eigenvalue weighted by Gasteiger charge is 2.19. The van der Waals surface area contributed by atoms with E-state index in [1.165, 1.54) is 0 Å². The maximum Gasteiger partial charge on any atom is 0.319 e. The number of ether oxygens (including phenoxy) is 1. The summed E-state index contributed by atoms with van der Waals surface area (Å²) in [5, 5.41) is 8.27. The van der Waals surface area contributed by atoms with Gasteiger partial charge >= 0.3 is 6.03 Å². The molecule has 1 fully saturated rings. The Kier molecular flexibility index (Phi) is 4.22. The number of carbonyl (C=O) groups is 2. The highest BCUT2D eigenvalue weighted by atomic mass is 16.5. The van der Waals surface area contributed by atoms with Crippen molar-refractivity contribution in [2.75, 3.05) is 19.0 Å². The Balaban J connectivity index is 1.85. The molecule has 1 aromatic rings. The van der Waals surface area contributed by atoms with Gasteiger partial charge in [0.25, 0.3) is 0 Å². The van der Waals surface area contributed by atoms with E-state index in [0.717, 1.165) is 0 Å². The average Bonchev–Trinajstić information content (AvgIpc) is 2.41. The number of benzene rings is 1. The van der Waals surface area contributed by atoms with Crippen molar-refractivity contribution in [1.29, 1.82) is 0 Å². The van der Waals surface area contributed by atoms with Crippen LogP contribution in [0.3, 0.4) is 0 Å². The van der Waals surface area contributed by atoms with Crippen molar-refractivity contribution < 1.29 is 14.3 Å². The molecular formula is C13H17N3O3. The van der Waals surface area contributed by atoms with E-state index in [0.29, 0.717) is 30.8 Å². The van der Waals surface area contributed by atoms with Crippen LogP contribution in [-0.4, -0.2) is 31.6 Å². The zero-order valence-corrected chi connectivity index (χ0v) is 10.7. The van der Waals surface area contributed by atoms with Crippen LogP contribution in [0.5, 0.6) is 5.75 Å². The van der Waals surface area contributed by atoms with Gasteiger partial charge in [0.05, 0.1) is 7.11 Å². The van der Waals surface area contributed by atoms with Gasteiger partial charge in [0.2, 0.25) is 5.91 Å². The summed E-state index contributed by atoms with van der Waals surface area (Å²) in [6.45, 7) is 0.477. The molecule has 19 heavy (non-hydrogen) atoms. The van der Waals surface area contributed by atoms with Crippen molar-refractivity contribution in [2.24, 2.45) is 0 Å². The van der Waals surface area contributed by atoms with Crippen LogP contribution in [-0.2, 0) is 4.79 Å². The molecule has 2 rings (SSSR count). The third-order valence-corrected chi connectivity index (χ3v) is 2.93. The van der Waals surface area contributed by atoms with Crippen molar-refractivity contribution in [3.63, 3.8) is 0 Å². The van der Waals surface area contributed by atoms with Crippen LogP contribution in [0.1, 0.15) is 12.8 Å². The van der Waals surface area contributed by atoms with E-state index in [9.17, 15) is 9.59 Å². The van der Waals surface area contributed by atoms with Gasteiger partial charge < -0.3 is 20.7 Å². The number of rotatable bonds is 3. The molecular weight excluding hydrogens is 246 g/mol. The summed E-state index contributed by atoms with van der Waals surface area (Å²) in [4.78, 5) is 22.8. The second-order valence-electron chi connectivity index (χ2n) is 4.37. The van der Waals surface area contributed by atoms with Crippen molar-refractivity contribution in [1.82, 2.24) is 10.6 Å². The fourth-order valence-electron chi connectivity index (χ4n) is 1.91. The second-order valence-corrected chi connectivity index (χ2v) is 4.37. The maximum atomic E-state index is 11.8. The topological polar surface area (TPSA) is 79.5 Å². The lowest BCUT2D eigenvalue weighted by Gasteiger charge is -2.23. The minimum Gasteiger partial charge on any atom is -0.497 e. The van der Waals surface area contributed by atoms with E-state index in [1.807, 2.05) is 0 Å². The first-order chi connectivity index (χ1) is 9.17. The lowest BCUT2D eigenvalue weighted by atomic mass is 10.1. The van der Waals surface area contributed by atoms with Crippen LogP contribution in [0.2, 0.25) is 0 Å². The minimum absolute atomic E-state index is 0.0247. The number of nitrogens with one attached hydrogen (secondary N) is 3. The number of methoxy groups -OCH3 is 1. The standard InChI is InChI=1S/C13H17N3O3/c1-19-11-4-2-3-9(7-11)15-13(18)16-10-5-6-12(17)14-8-10/h2-4,7,10H,5-6,8H2,1H3,(H,14,17)(H2,15,16,18)/t10-/m1/s1. The largest absolute Gasteiger partial charge is 0.497 e. The lowest BCUT2D eigenvalue weighted by molar-refractivity contribution is -0.122. The van der Waals surface area contributed by atoms with Crippen LogP contribution in [0.25, 0.3) is 0 Å². The summed E-state index contributed by atoms with van der Waals surface area (Å²) >= 11 is 0. The Morgan fingerprint density at radius 1 is 1.47 bits per heavy atom. The Bertz CT molecular complexity index is 466. The minimum atomic E-state index is -0.283. The van der Waals surface area contributed by atoms with E-state index < -0.39 is 0 Å². The molecule has 0 unspecified atom stereocenters. The number of carbonyl (C=O) groups excluding carboxylic acids is 2. The predicted octanol–water partition coefficient (Wildman–Crippen LogP) is 1.10. The Hall–Kier alpha value is -2.24. The normalized spacial score (nSPS) is 18.4. The van der Waals surface area contributed by atoms with Gasteiger partial charge in [0.1, 0.15) is 5.75 Å². The number of amides is 3. The lowest BCUT2D eigenvalue weighted by Crippen LogP contribution is -2.48. The molecule has 1 aromatic carbocycles. The number of anilines is 1. The number of piperidine rings is 1. The van der Waals surface area contributed by atoms with E-state index in [1.54, 1.807) is 31.4 Å². The summed E-state index contributed by atoms with van der Waals surface area (Å²) in [7, 11) is 1.57. The third kappa shape index (κ3) is 3.87. The summed E-state index contributed by atoms with van der Waals surface area (Å²) in [5.74, 6) is 0.717. The molecule has 1 atom stereocenters. The third-order valence-electron chi connectivity index (χ3n) is 2.93. The Labute approximate surface area is 111 Å². The van der Waals surface area contributed by atoms with E-state index in [2.05, 4.69) is 16.0 Å². The maximum absolute atomic E-state index is 11.8. The molecule has 3 amide bonds. The average molecular weight is 263 g/mol. The molecule has 3 N–H and O–H groups in total. The second kappa shape index (κ2) is 6.08. The predicted molar refractivity (Wildman–Crippen MR) is 71.2 cm³/mol. The van der Waals surface area contributed by atoms with Gasteiger partial charge in [-0.25, -0.2) is 4.79 Å². The van der Waals surface area contributed by atoms with Crippen molar-refractivity contribution >= 4 is 17.6 Å².